The molecule has 21 heavy (non-hydrogen) atoms. The number of aromatic nitrogens is 1. The lowest BCUT2D eigenvalue weighted by molar-refractivity contribution is -0.138. The van der Waals surface area contributed by atoms with Gasteiger partial charge in [0.1, 0.15) is 0 Å². The number of benzene rings is 1. The number of carboxylic acid groups (broad SMARTS) is 1. The first-order valence-electron chi connectivity index (χ1n) is 7.35. The molecular weight excluding hydrogens is 332 g/mol. The third kappa shape index (κ3) is 3.30. The fourth-order valence-corrected chi connectivity index (χ4v) is 3.56. The van der Waals surface area contributed by atoms with E-state index in [0.717, 1.165) is 42.3 Å². The first-order chi connectivity index (χ1) is 10.1. The van der Waals surface area contributed by atoms with Crippen molar-refractivity contribution < 1.29 is 9.90 Å². The zero-order valence-electron chi connectivity index (χ0n) is 11.8. The van der Waals surface area contributed by atoms with Crippen molar-refractivity contribution in [3.8, 4) is 0 Å². The monoisotopic (exact) mass is 350 g/mol. The Hall–Kier alpha value is -1.33. The topological polar surface area (TPSA) is 56.3 Å². The zero-order chi connectivity index (χ0) is 14.8. The molecule has 1 fully saturated rings. The molecule has 0 aliphatic carbocycles. The molecule has 112 valence electrons. The summed E-state index contributed by atoms with van der Waals surface area (Å²) in [5.41, 5.74) is 2.36. The number of hydrogen-bond acceptors (Lipinski definition) is 2. The minimum Gasteiger partial charge on any atom is -0.481 e. The number of nitrogens with zero attached hydrogens (tertiary/aromatic N) is 1. The summed E-state index contributed by atoms with van der Waals surface area (Å²) < 4.78 is 1.07. The number of nitrogens with one attached hydrogen (secondary N) is 1. The van der Waals surface area contributed by atoms with Gasteiger partial charge in [0.25, 0.3) is 0 Å². The molecule has 1 unspecified atom stereocenters. The second kappa shape index (κ2) is 6.20. The van der Waals surface area contributed by atoms with Crippen LogP contribution < -0.4 is 0 Å². The number of likely N-dealkylation sites (tertiary alicyclic amines) is 1. The van der Waals surface area contributed by atoms with Gasteiger partial charge in [0.2, 0.25) is 0 Å². The van der Waals surface area contributed by atoms with Crippen LogP contribution in [0.5, 0.6) is 0 Å². The molecule has 2 N–H and O–H groups in total. The highest BCUT2D eigenvalue weighted by Gasteiger charge is 2.25. The minimum atomic E-state index is -0.700. The third-order valence-electron chi connectivity index (χ3n) is 4.26. The van der Waals surface area contributed by atoms with E-state index in [0.29, 0.717) is 0 Å². The minimum absolute atomic E-state index is 0.161. The Bertz CT molecular complexity index is 653. The summed E-state index contributed by atoms with van der Waals surface area (Å²) in [5, 5.41) is 10.3. The van der Waals surface area contributed by atoms with Gasteiger partial charge >= 0.3 is 5.97 Å². The van der Waals surface area contributed by atoms with Gasteiger partial charge in [0.15, 0.2) is 0 Å². The van der Waals surface area contributed by atoms with Crippen molar-refractivity contribution >= 4 is 32.8 Å². The summed E-state index contributed by atoms with van der Waals surface area (Å²) in [6.45, 7) is 1.80. The number of rotatable bonds is 4. The predicted molar refractivity (Wildman–Crippen MR) is 86.3 cm³/mol. The molecule has 0 saturated carbocycles. The van der Waals surface area contributed by atoms with Crippen LogP contribution in [0.4, 0.5) is 0 Å². The number of carboxylic acids is 1. The zero-order valence-corrected chi connectivity index (χ0v) is 13.4. The molecule has 0 amide bonds. The van der Waals surface area contributed by atoms with Gasteiger partial charge < -0.3 is 10.1 Å². The third-order valence-corrected chi connectivity index (χ3v) is 4.76. The molecule has 1 atom stereocenters. The lowest BCUT2D eigenvalue weighted by atomic mass is 9.98. The van der Waals surface area contributed by atoms with Crippen molar-refractivity contribution in [3.05, 3.63) is 34.4 Å². The molecule has 1 aromatic heterocycles. The SMILES string of the molecule is O=C(O)CC1CCCCN1Cc1c[nH]c2ccc(Br)cc12. The van der Waals surface area contributed by atoms with E-state index >= 15 is 0 Å². The van der Waals surface area contributed by atoms with E-state index in [1.807, 2.05) is 12.3 Å². The van der Waals surface area contributed by atoms with E-state index in [9.17, 15) is 4.79 Å². The molecule has 2 heterocycles. The Morgan fingerprint density at radius 3 is 3.10 bits per heavy atom. The van der Waals surface area contributed by atoms with Crippen LogP contribution in [0.2, 0.25) is 0 Å². The van der Waals surface area contributed by atoms with Gasteiger partial charge in [0, 0.05) is 34.2 Å². The highest BCUT2D eigenvalue weighted by molar-refractivity contribution is 9.10. The predicted octanol–water partition coefficient (Wildman–Crippen LogP) is 3.76. The number of halogens is 1. The summed E-state index contributed by atoms with van der Waals surface area (Å²) in [5.74, 6) is -0.700. The molecule has 2 aromatic rings. The van der Waals surface area contributed by atoms with Gasteiger partial charge in [-0.25, -0.2) is 0 Å². The molecule has 0 bridgehead atoms. The van der Waals surface area contributed by atoms with Crippen LogP contribution in [0.25, 0.3) is 10.9 Å². The Kier molecular flexibility index (Phi) is 4.31. The number of H-pyrrole nitrogens is 1. The Morgan fingerprint density at radius 2 is 2.29 bits per heavy atom. The number of piperidine rings is 1. The van der Waals surface area contributed by atoms with Crippen LogP contribution in [0.15, 0.2) is 28.9 Å². The van der Waals surface area contributed by atoms with E-state index in [-0.39, 0.29) is 12.5 Å². The first kappa shape index (κ1) is 14.6. The van der Waals surface area contributed by atoms with Crippen LogP contribution in [0, 0.1) is 0 Å². The van der Waals surface area contributed by atoms with Crippen LogP contribution in [-0.4, -0.2) is 33.5 Å². The molecule has 1 aromatic carbocycles. The highest BCUT2D eigenvalue weighted by Crippen LogP contribution is 2.27. The smallest absolute Gasteiger partial charge is 0.304 e. The molecule has 0 spiro atoms. The van der Waals surface area contributed by atoms with Gasteiger partial charge in [-0.1, -0.05) is 22.4 Å². The molecule has 1 aliphatic rings. The number of aliphatic carboxylic acids is 1. The normalized spacial score (nSPS) is 20.0. The quantitative estimate of drug-likeness (QED) is 0.882. The van der Waals surface area contributed by atoms with E-state index in [4.69, 9.17) is 5.11 Å². The molecule has 1 aliphatic heterocycles. The largest absolute Gasteiger partial charge is 0.481 e. The average Bonchev–Trinajstić information content (AvgIpc) is 2.83. The van der Waals surface area contributed by atoms with E-state index in [1.54, 1.807) is 0 Å². The molecule has 5 heteroatoms. The number of carbonyl (C=O) groups is 1. The number of hydrogen-bond donors (Lipinski definition) is 2. The van der Waals surface area contributed by atoms with Gasteiger partial charge in [-0.3, -0.25) is 9.69 Å². The van der Waals surface area contributed by atoms with Crippen LogP contribution in [0.1, 0.15) is 31.2 Å². The lowest BCUT2D eigenvalue weighted by Crippen LogP contribution is -2.40. The fourth-order valence-electron chi connectivity index (χ4n) is 3.20. The van der Waals surface area contributed by atoms with Gasteiger partial charge in [0.05, 0.1) is 6.42 Å². The van der Waals surface area contributed by atoms with Crippen LogP contribution in [-0.2, 0) is 11.3 Å². The standard InChI is InChI=1S/C16H19BrN2O2/c17-12-4-5-15-14(7-12)11(9-18-15)10-19-6-2-1-3-13(19)8-16(20)21/h4-5,7,9,13,18H,1-3,6,8,10H2,(H,20,21). The molecule has 0 radical (unpaired) electrons. The summed E-state index contributed by atoms with van der Waals surface area (Å²) in [7, 11) is 0. The second-order valence-corrected chi connectivity index (χ2v) is 6.64. The van der Waals surface area contributed by atoms with E-state index in [1.165, 1.54) is 10.9 Å². The van der Waals surface area contributed by atoms with Crippen molar-refractivity contribution in [1.82, 2.24) is 9.88 Å². The molecule has 3 rings (SSSR count). The molecule has 4 nitrogen and oxygen atoms in total. The lowest BCUT2D eigenvalue weighted by Gasteiger charge is -2.34. The van der Waals surface area contributed by atoms with E-state index < -0.39 is 5.97 Å². The maximum absolute atomic E-state index is 11.0. The van der Waals surface area contributed by atoms with Crippen LogP contribution >= 0.6 is 15.9 Å². The van der Waals surface area contributed by atoms with Gasteiger partial charge in [-0.15, -0.1) is 0 Å². The van der Waals surface area contributed by atoms with Crippen molar-refractivity contribution in [2.24, 2.45) is 0 Å². The average molecular weight is 351 g/mol. The number of fused-ring (bicyclic) bond motifs is 1. The Labute approximate surface area is 132 Å². The molecule has 1 saturated heterocycles. The Morgan fingerprint density at radius 1 is 1.43 bits per heavy atom. The maximum Gasteiger partial charge on any atom is 0.304 e. The van der Waals surface area contributed by atoms with Crippen LogP contribution in [0.3, 0.4) is 0 Å². The van der Waals surface area contributed by atoms with Crippen molar-refractivity contribution in [1.29, 1.82) is 0 Å². The Balaban J connectivity index is 1.82. The van der Waals surface area contributed by atoms with Gasteiger partial charge in [-0.05, 0) is 43.1 Å². The van der Waals surface area contributed by atoms with Gasteiger partial charge in [-0.2, -0.15) is 0 Å². The number of aromatic amines is 1. The summed E-state index contributed by atoms with van der Waals surface area (Å²) in [4.78, 5) is 16.7. The summed E-state index contributed by atoms with van der Waals surface area (Å²) in [6, 6.07) is 6.37. The summed E-state index contributed by atoms with van der Waals surface area (Å²) >= 11 is 3.52. The summed E-state index contributed by atoms with van der Waals surface area (Å²) in [6.07, 6.45) is 5.56. The van der Waals surface area contributed by atoms with Crippen molar-refractivity contribution in [2.75, 3.05) is 6.54 Å². The first-order valence-corrected chi connectivity index (χ1v) is 8.14. The highest BCUT2D eigenvalue weighted by atomic mass is 79.9. The molecular formula is C16H19BrN2O2. The van der Waals surface area contributed by atoms with Crippen molar-refractivity contribution in [3.63, 3.8) is 0 Å². The fraction of sp³-hybridized carbons (Fsp3) is 0.438. The maximum atomic E-state index is 11.0. The van der Waals surface area contributed by atoms with Crippen molar-refractivity contribution in [2.45, 2.75) is 38.3 Å². The second-order valence-electron chi connectivity index (χ2n) is 5.72. The van der Waals surface area contributed by atoms with E-state index in [2.05, 4.69) is 37.9 Å².